The Kier molecular flexibility index (Phi) is 5.35. The van der Waals surface area contributed by atoms with Crippen LogP contribution < -0.4 is 11.1 Å². The molecule has 0 saturated heterocycles. The molecule has 0 radical (unpaired) electrons. The Labute approximate surface area is 112 Å². The summed E-state index contributed by atoms with van der Waals surface area (Å²) >= 11 is 0. The van der Waals surface area contributed by atoms with Gasteiger partial charge in [-0.05, 0) is 20.8 Å². The molecular weight excluding hydrogens is 248 g/mol. The van der Waals surface area contributed by atoms with Gasteiger partial charge in [0.25, 0.3) is 0 Å². The molecule has 1 amide bonds. The third-order valence-electron chi connectivity index (χ3n) is 2.28. The number of rotatable bonds is 6. The van der Waals surface area contributed by atoms with Gasteiger partial charge in [-0.15, -0.1) is 0 Å². The lowest BCUT2D eigenvalue weighted by Gasteiger charge is -2.07. The zero-order valence-corrected chi connectivity index (χ0v) is 11.5. The minimum absolute atomic E-state index is 0.0678. The zero-order valence-electron chi connectivity index (χ0n) is 11.5. The van der Waals surface area contributed by atoms with E-state index in [0.29, 0.717) is 6.54 Å². The molecule has 0 bridgehead atoms. The minimum Gasteiger partial charge on any atom is -0.461 e. The molecule has 0 aliphatic carbocycles. The molecule has 1 aromatic heterocycles. The molecule has 1 heterocycles. The van der Waals surface area contributed by atoms with Crippen LogP contribution >= 0.6 is 0 Å². The molecular formula is C12H20N4O3. The van der Waals surface area contributed by atoms with Crippen LogP contribution in [-0.4, -0.2) is 34.3 Å². The van der Waals surface area contributed by atoms with Crippen LogP contribution in [0.1, 0.15) is 37.7 Å². The lowest BCUT2D eigenvalue weighted by atomic mass is 10.3. The maximum Gasteiger partial charge on any atom is 0.361 e. The minimum atomic E-state index is -0.551. The number of amides is 1. The van der Waals surface area contributed by atoms with Gasteiger partial charge in [-0.2, -0.15) is 5.10 Å². The first kappa shape index (κ1) is 15.0. The number of nitrogen functional groups attached to an aromatic ring is 1. The highest BCUT2D eigenvalue weighted by Crippen LogP contribution is 2.10. The van der Waals surface area contributed by atoms with Gasteiger partial charge in [-0.3, -0.25) is 9.48 Å². The standard InChI is InChI=1S/C12H20N4O3/c1-4-19-12(18)11-9(13)7-16(15-11)6-5-10(17)14-8(2)3/h7-8H,4-6,13H2,1-3H3,(H,14,17). The first-order chi connectivity index (χ1) is 8.93. The Balaban J connectivity index is 2.59. The van der Waals surface area contributed by atoms with Gasteiger partial charge in [0.15, 0.2) is 5.69 Å². The SMILES string of the molecule is CCOC(=O)c1nn(CCC(=O)NC(C)C)cc1N. The maximum absolute atomic E-state index is 11.5. The molecule has 1 rings (SSSR count). The lowest BCUT2D eigenvalue weighted by Crippen LogP contribution is -2.30. The number of nitrogens with one attached hydrogen (secondary N) is 1. The summed E-state index contributed by atoms with van der Waals surface area (Å²) in [5.74, 6) is -0.618. The predicted molar refractivity (Wildman–Crippen MR) is 70.5 cm³/mol. The molecule has 3 N–H and O–H groups in total. The number of esters is 1. The first-order valence-corrected chi connectivity index (χ1v) is 6.23. The van der Waals surface area contributed by atoms with Crippen molar-refractivity contribution >= 4 is 17.6 Å². The number of hydrogen-bond acceptors (Lipinski definition) is 5. The predicted octanol–water partition coefficient (Wildman–Crippen LogP) is 0.557. The van der Waals surface area contributed by atoms with Gasteiger partial charge in [0, 0.05) is 25.2 Å². The Bertz CT molecular complexity index is 454. The van der Waals surface area contributed by atoms with E-state index < -0.39 is 5.97 Å². The van der Waals surface area contributed by atoms with Crippen molar-refractivity contribution in [3.63, 3.8) is 0 Å². The highest BCUT2D eigenvalue weighted by atomic mass is 16.5. The number of carbonyl (C=O) groups is 2. The van der Waals surface area contributed by atoms with Crippen molar-refractivity contribution in [3.05, 3.63) is 11.9 Å². The van der Waals surface area contributed by atoms with Crippen LogP contribution in [0.4, 0.5) is 5.69 Å². The normalized spacial score (nSPS) is 10.5. The molecule has 0 spiro atoms. The number of carbonyl (C=O) groups excluding carboxylic acids is 2. The number of nitrogens with zero attached hydrogens (tertiary/aromatic N) is 2. The second kappa shape index (κ2) is 6.77. The highest BCUT2D eigenvalue weighted by molar-refractivity contribution is 5.92. The van der Waals surface area contributed by atoms with Gasteiger partial charge < -0.3 is 15.8 Å². The van der Waals surface area contributed by atoms with Gasteiger partial charge in [0.05, 0.1) is 12.3 Å². The maximum atomic E-state index is 11.5. The van der Waals surface area contributed by atoms with E-state index in [1.165, 1.54) is 10.9 Å². The van der Waals surface area contributed by atoms with Crippen LogP contribution in [0, 0.1) is 0 Å². The summed E-state index contributed by atoms with van der Waals surface area (Å²) in [6.07, 6.45) is 1.80. The Morgan fingerprint density at radius 1 is 1.53 bits per heavy atom. The summed E-state index contributed by atoms with van der Waals surface area (Å²) in [5.41, 5.74) is 6.02. The van der Waals surface area contributed by atoms with Crippen molar-refractivity contribution in [1.82, 2.24) is 15.1 Å². The summed E-state index contributed by atoms with van der Waals surface area (Å²) in [7, 11) is 0. The van der Waals surface area contributed by atoms with E-state index in [4.69, 9.17) is 10.5 Å². The third-order valence-corrected chi connectivity index (χ3v) is 2.28. The van der Waals surface area contributed by atoms with E-state index in [9.17, 15) is 9.59 Å². The largest absolute Gasteiger partial charge is 0.461 e. The van der Waals surface area contributed by atoms with Gasteiger partial charge in [0.2, 0.25) is 5.91 Å². The van der Waals surface area contributed by atoms with Crippen molar-refractivity contribution < 1.29 is 14.3 Å². The Morgan fingerprint density at radius 2 is 2.21 bits per heavy atom. The summed E-state index contributed by atoms with van der Waals surface area (Å²) < 4.78 is 6.30. The first-order valence-electron chi connectivity index (χ1n) is 6.23. The second-order valence-electron chi connectivity index (χ2n) is 4.39. The lowest BCUT2D eigenvalue weighted by molar-refractivity contribution is -0.121. The van der Waals surface area contributed by atoms with Gasteiger partial charge in [-0.1, -0.05) is 0 Å². The summed E-state index contributed by atoms with van der Waals surface area (Å²) in [4.78, 5) is 23.0. The average Bonchev–Trinajstić information content (AvgIpc) is 2.67. The number of aryl methyl sites for hydroxylation is 1. The molecule has 0 aliphatic rings. The van der Waals surface area contributed by atoms with Crippen molar-refractivity contribution in [1.29, 1.82) is 0 Å². The molecule has 0 saturated carbocycles. The molecule has 0 aliphatic heterocycles. The number of ether oxygens (including phenoxy) is 1. The Hall–Kier alpha value is -2.05. The molecule has 19 heavy (non-hydrogen) atoms. The van der Waals surface area contributed by atoms with Crippen LogP contribution in [0.15, 0.2) is 6.20 Å². The van der Waals surface area contributed by atoms with Crippen LogP contribution in [0.25, 0.3) is 0 Å². The van der Waals surface area contributed by atoms with Crippen molar-refractivity contribution in [3.8, 4) is 0 Å². The molecule has 106 valence electrons. The van der Waals surface area contributed by atoms with Crippen molar-refractivity contribution in [2.75, 3.05) is 12.3 Å². The zero-order chi connectivity index (χ0) is 14.4. The Morgan fingerprint density at radius 3 is 2.79 bits per heavy atom. The number of nitrogens with two attached hydrogens (primary N) is 1. The van der Waals surface area contributed by atoms with E-state index in [0.717, 1.165) is 0 Å². The van der Waals surface area contributed by atoms with Crippen LogP contribution in [0.3, 0.4) is 0 Å². The number of anilines is 1. The topological polar surface area (TPSA) is 99.2 Å². The molecule has 7 heteroatoms. The van der Waals surface area contributed by atoms with Crippen molar-refractivity contribution in [2.24, 2.45) is 0 Å². The van der Waals surface area contributed by atoms with Gasteiger partial charge >= 0.3 is 5.97 Å². The summed E-state index contributed by atoms with van der Waals surface area (Å²) in [6.45, 7) is 6.12. The summed E-state index contributed by atoms with van der Waals surface area (Å²) in [5, 5.41) is 6.79. The average molecular weight is 268 g/mol. The fourth-order valence-corrected chi connectivity index (χ4v) is 1.52. The fourth-order valence-electron chi connectivity index (χ4n) is 1.52. The molecule has 1 aromatic rings. The van der Waals surface area contributed by atoms with E-state index in [-0.39, 0.29) is 36.4 Å². The fraction of sp³-hybridized carbons (Fsp3) is 0.583. The highest BCUT2D eigenvalue weighted by Gasteiger charge is 2.16. The monoisotopic (exact) mass is 268 g/mol. The van der Waals surface area contributed by atoms with E-state index in [1.807, 2.05) is 13.8 Å². The molecule has 0 atom stereocenters. The van der Waals surface area contributed by atoms with Crippen LogP contribution in [-0.2, 0) is 16.1 Å². The molecule has 0 unspecified atom stereocenters. The molecule has 0 aromatic carbocycles. The van der Waals surface area contributed by atoms with E-state index in [2.05, 4.69) is 10.4 Å². The van der Waals surface area contributed by atoms with E-state index in [1.54, 1.807) is 6.92 Å². The van der Waals surface area contributed by atoms with E-state index >= 15 is 0 Å². The molecule has 7 nitrogen and oxygen atoms in total. The second-order valence-corrected chi connectivity index (χ2v) is 4.39. The number of aromatic nitrogens is 2. The van der Waals surface area contributed by atoms with Crippen LogP contribution in [0.2, 0.25) is 0 Å². The van der Waals surface area contributed by atoms with Gasteiger partial charge in [-0.25, -0.2) is 4.79 Å². The summed E-state index contributed by atoms with van der Waals surface area (Å²) in [6, 6.07) is 0.102. The quantitative estimate of drug-likeness (QED) is 0.734. The van der Waals surface area contributed by atoms with Crippen LogP contribution in [0.5, 0.6) is 0 Å². The smallest absolute Gasteiger partial charge is 0.361 e. The number of hydrogen-bond donors (Lipinski definition) is 2. The third kappa shape index (κ3) is 4.61. The molecule has 0 fully saturated rings. The van der Waals surface area contributed by atoms with Gasteiger partial charge in [0.1, 0.15) is 0 Å². The van der Waals surface area contributed by atoms with Crippen molar-refractivity contribution in [2.45, 2.75) is 39.8 Å².